The first-order valence-corrected chi connectivity index (χ1v) is 26.8. The van der Waals surface area contributed by atoms with E-state index in [0.717, 1.165) is 64.2 Å². The molecule has 61 heavy (non-hydrogen) atoms. The number of hydrogen-bond acceptors (Lipinski definition) is 6. The Morgan fingerprint density at radius 3 is 0.869 bits per heavy atom. The lowest BCUT2D eigenvalue weighted by atomic mass is 10.0. The predicted molar refractivity (Wildman–Crippen MR) is 261 cm³/mol. The standard InChI is InChI=1S/C55H102O6/c1-4-7-10-13-16-18-20-21-22-23-24-25-26-27-28-29-30-31-32-33-35-36-39-42-45-48-54(57)60-51-52(50-59-53(56)47-44-41-38-15-12-9-6-3)61-55(58)49-46-43-40-37-34-19-17-14-11-8-5-2/h14,17,23-24,52H,4-13,15-16,18-22,25-51H2,1-3H3/b17-14-,24-23-. The number of carbonyl (C=O) groups is 3. The Morgan fingerprint density at radius 1 is 0.311 bits per heavy atom. The van der Waals surface area contributed by atoms with Gasteiger partial charge in [0, 0.05) is 19.3 Å². The number of ether oxygens (including phenoxy) is 3. The molecular weight excluding hydrogens is 757 g/mol. The Bertz CT molecular complexity index is 989. The molecule has 0 N–H and O–H groups in total. The number of carbonyl (C=O) groups excluding carboxylic acids is 3. The summed E-state index contributed by atoms with van der Waals surface area (Å²) in [7, 11) is 0. The molecule has 0 saturated heterocycles. The molecular formula is C55H102O6. The summed E-state index contributed by atoms with van der Waals surface area (Å²) >= 11 is 0. The molecule has 0 spiro atoms. The van der Waals surface area contributed by atoms with Gasteiger partial charge in [-0.25, -0.2) is 0 Å². The van der Waals surface area contributed by atoms with Crippen LogP contribution in [0.2, 0.25) is 0 Å². The van der Waals surface area contributed by atoms with Gasteiger partial charge in [0.1, 0.15) is 13.2 Å². The number of allylic oxidation sites excluding steroid dienone is 4. The lowest BCUT2D eigenvalue weighted by Crippen LogP contribution is -2.30. The van der Waals surface area contributed by atoms with Gasteiger partial charge < -0.3 is 14.2 Å². The number of rotatable bonds is 49. The highest BCUT2D eigenvalue weighted by atomic mass is 16.6. The molecule has 0 aromatic carbocycles. The van der Waals surface area contributed by atoms with Crippen molar-refractivity contribution >= 4 is 17.9 Å². The van der Waals surface area contributed by atoms with Gasteiger partial charge in [-0.3, -0.25) is 14.4 Å². The maximum absolute atomic E-state index is 12.7. The van der Waals surface area contributed by atoms with E-state index in [1.54, 1.807) is 0 Å². The third-order valence-corrected chi connectivity index (χ3v) is 11.9. The fraction of sp³-hybridized carbons (Fsp3) is 0.873. The van der Waals surface area contributed by atoms with Crippen molar-refractivity contribution in [3.63, 3.8) is 0 Å². The number of hydrogen-bond donors (Lipinski definition) is 0. The van der Waals surface area contributed by atoms with Gasteiger partial charge in [0.2, 0.25) is 0 Å². The molecule has 0 aliphatic rings. The second kappa shape index (κ2) is 50.5. The van der Waals surface area contributed by atoms with Crippen molar-refractivity contribution in [3.05, 3.63) is 24.3 Å². The van der Waals surface area contributed by atoms with Gasteiger partial charge >= 0.3 is 17.9 Å². The summed E-state index contributed by atoms with van der Waals surface area (Å²) in [5.41, 5.74) is 0. The third-order valence-electron chi connectivity index (χ3n) is 11.9. The van der Waals surface area contributed by atoms with E-state index in [-0.39, 0.29) is 31.1 Å². The summed E-state index contributed by atoms with van der Waals surface area (Å²) in [6, 6.07) is 0. The molecule has 6 nitrogen and oxygen atoms in total. The van der Waals surface area contributed by atoms with Gasteiger partial charge in [0.15, 0.2) is 6.10 Å². The van der Waals surface area contributed by atoms with Crippen LogP contribution in [0.3, 0.4) is 0 Å². The summed E-state index contributed by atoms with van der Waals surface area (Å²) in [4.78, 5) is 37.7. The van der Waals surface area contributed by atoms with Crippen LogP contribution < -0.4 is 0 Å². The molecule has 0 aromatic rings. The van der Waals surface area contributed by atoms with Crippen LogP contribution in [0.15, 0.2) is 24.3 Å². The summed E-state index contributed by atoms with van der Waals surface area (Å²) < 4.78 is 16.7. The third kappa shape index (κ3) is 48.8. The van der Waals surface area contributed by atoms with Gasteiger partial charge in [-0.05, 0) is 64.2 Å². The predicted octanol–water partition coefficient (Wildman–Crippen LogP) is 17.5. The molecule has 0 aliphatic heterocycles. The van der Waals surface area contributed by atoms with E-state index in [2.05, 4.69) is 45.1 Å². The van der Waals surface area contributed by atoms with Crippen LogP contribution in [0.5, 0.6) is 0 Å². The average molecular weight is 859 g/mol. The lowest BCUT2D eigenvalue weighted by Gasteiger charge is -2.18. The molecule has 0 bridgehead atoms. The Balaban J connectivity index is 4.06. The smallest absolute Gasteiger partial charge is 0.306 e. The maximum Gasteiger partial charge on any atom is 0.306 e. The van der Waals surface area contributed by atoms with Crippen LogP contribution in [0, 0.1) is 0 Å². The second-order valence-electron chi connectivity index (χ2n) is 18.1. The van der Waals surface area contributed by atoms with Crippen molar-refractivity contribution < 1.29 is 28.6 Å². The fourth-order valence-corrected chi connectivity index (χ4v) is 7.83. The highest BCUT2D eigenvalue weighted by molar-refractivity contribution is 5.71. The van der Waals surface area contributed by atoms with Crippen LogP contribution >= 0.6 is 0 Å². The Labute approximate surface area is 379 Å². The van der Waals surface area contributed by atoms with E-state index in [1.807, 2.05) is 0 Å². The molecule has 0 heterocycles. The van der Waals surface area contributed by atoms with Gasteiger partial charge in [0.05, 0.1) is 0 Å². The number of esters is 3. The Hall–Kier alpha value is -2.11. The normalized spacial score (nSPS) is 12.1. The quantitative estimate of drug-likeness (QED) is 0.0262. The van der Waals surface area contributed by atoms with Crippen LogP contribution in [-0.4, -0.2) is 37.2 Å². The van der Waals surface area contributed by atoms with E-state index in [1.165, 1.54) is 186 Å². The van der Waals surface area contributed by atoms with Crippen LogP contribution in [0.1, 0.15) is 290 Å². The fourth-order valence-electron chi connectivity index (χ4n) is 7.83. The van der Waals surface area contributed by atoms with Crippen LogP contribution in [-0.2, 0) is 28.6 Å². The first-order chi connectivity index (χ1) is 30.0. The minimum absolute atomic E-state index is 0.0716. The van der Waals surface area contributed by atoms with Crippen molar-refractivity contribution in [2.45, 2.75) is 297 Å². The molecule has 0 aliphatic carbocycles. The largest absolute Gasteiger partial charge is 0.462 e. The zero-order valence-corrected chi connectivity index (χ0v) is 40.9. The summed E-state index contributed by atoms with van der Waals surface area (Å²) in [5, 5.41) is 0. The average Bonchev–Trinajstić information content (AvgIpc) is 3.26. The lowest BCUT2D eigenvalue weighted by molar-refractivity contribution is -0.167. The van der Waals surface area contributed by atoms with Gasteiger partial charge in [-0.1, -0.05) is 231 Å². The van der Waals surface area contributed by atoms with Crippen molar-refractivity contribution in [3.8, 4) is 0 Å². The molecule has 0 radical (unpaired) electrons. The summed E-state index contributed by atoms with van der Waals surface area (Å²) in [6.45, 7) is 6.57. The van der Waals surface area contributed by atoms with E-state index in [0.29, 0.717) is 19.3 Å². The molecule has 1 atom stereocenters. The van der Waals surface area contributed by atoms with Crippen LogP contribution in [0.4, 0.5) is 0 Å². The maximum atomic E-state index is 12.7. The Morgan fingerprint density at radius 2 is 0.557 bits per heavy atom. The van der Waals surface area contributed by atoms with Crippen molar-refractivity contribution in [1.29, 1.82) is 0 Å². The summed E-state index contributed by atoms with van der Waals surface area (Å²) in [6.07, 6.45) is 57.7. The van der Waals surface area contributed by atoms with E-state index in [9.17, 15) is 14.4 Å². The zero-order valence-electron chi connectivity index (χ0n) is 40.9. The molecule has 358 valence electrons. The van der Waals surface area contributed by atoms with E-state index >= 15 is 0 Å². The molecule has 1 unspecified atom stereocenters. The molecule has 0 rings (SSSR count). The second-order valence-corrected chi connectivity index (χ2v) is 18.1. The van der Waals surface area contributed by atoms with E-state index in [4.69, 9.17) is 14.2 Å². The molecule has 0 aromatic heterocycles. The highest BCUT2D eigenvalue weighted by Gasteiger charge is 2.19. The molecule has 0 amide bonds. The monoisotopic (exact) mass is 859 g/mol. The molecule has 6 heteroatoms. The first kappa shape index (κ1) is 58.9. The SMILES string of the molecule is CCCC/C=C\CCCCCCCC(=O)OC(COC(=O)CCCCCCCCC)COC(=O)CCCCCCCCCCCCCCC/C=C\CCCCCCCCCC. The van der Waals surface area contributed by atoms with Gasteiger partial charge in [0.25, 0.3) is 0 Å². The molecule has 0 saturated carbocycles. The van der Waals surface area contributed by atoms with E-state index < -0.39 is 6.10 Å². The first-order valence-electron chi connectivity index (χ1n) is 26.8. The van der Waals surface area contributed by atoms with Crippen molar-refractivity contribution in [2.24, 2.45) is 0 Å². The Kier molecular flexibility index (Phi) is 48.8. The van der Waals surface area contributed by atoms with Gasteiger partial charge in [-0.15, -0.1) is 0 Å². The van der Waals surface area contributed by atoms with Gasteiger partial charge in [-0.2, -0.15) is 0 Å². The van der Waals surface area contributed by atoms with Crippen molar-refractivity contribution in [1.82, 2.24) is 0 Å². The minimum atomic E-state index is -0.768. The number of unbranched alkanes of at least 4 members (excludes halogenated alkanes) is 34. The van der Waals surface area contributed by atoms with Crippen LogP contribution in [0.25, 0.3) is 0 Å². The zero-order chi connectivity index (χ0) is 44.4. The van der Waals surface area contributed by atoms with Crippen molar-refractivity contribution in [2.75, 3.05) is 13.2 Å². The molecule has 0 fully saturated rings. The topological polar surface area (TPSA) is 78.9 Å². The summed E-state index contributed by atoms with van der Waals surface area (Å²) in [5.74, 6) is -0.878. The highest BCUT2D eigenvalue weighted by Crippen LogP contribution is 2.16. The minimum Gasteiger partial charge on any atom is -0.462 e.